The number of rotatable bonds is 8. The molecular weight excluding hydrogens is 374 g/mol. The molecule has 2 heterocycles. The highest BCUT2D eigenvalue weighted by Crippen LogP contribution is 2.14. The molecule has 0 spiro atoms. The summed E-state index contributed by atoms with van der Waals surface area (Å²) in [6, 6.07) is 11.3. The van der Waals surface area contributed by atoms with Gasteiger partial charge in [-0.25, -0.2) is 0 Å². The molecule has 1 atom stereocenters. The topological polar surface area (TPSA) is 52.1 Å². The van der Waals surface area contributed by atoms with Gasteiger partial charge in [0.2, 0.25) is 0 Å². The van der Waals surface area contributed by atoms with Crippen LogP contribution in [0.25, 0.3) is 0 Å². The quantitative estimate of drug-likeness (QED) is 0.505. The fraction of sp³-hybridized carbons (Fsp3) is 0.708. The first-order chi connectivity index (χ1) is 14.6. The lowest BCUT2D eigenvalue weighted by atomic mass is 10.0. The first kappa shape index (κ1) is 23.0. The Bertz CT molecular complexity index is 628. The van der Waals surface area contributed by atoms with Crippen LogP contribution in [-0.2, 0) is 11.3 Å². The van der Waals surface area contributed by atoms with Crippen molar-refractivity contribution in [2.75, 3.05) is 52.4 Å². The van der Waals surface area contributed by atoms with E-state index in [0.29, 0.717) is 12.0 Å². The summed E-state index contributed by atoms with van der Waals surface area (Å²) in [4.78, 5) is 9.92. The molecule has 0 bridgehead atoms. The van der Waals surface area contributed by atoms with E-state index < -0.39 is 0 Å². The highest BCUT2D eigenvalue weighted by Gasteiger charge is 2.22. The van der Waals surface area contributed by atoms with E-state index in [1.165, 1.54) is 5.56 Å². The number of piperidine rings is 1. The second kappa shape index (κ2) is 12.3. The Morgan fingerprint density at radius 1 is 1.13 bits per heavy atom. The summed E-state index contributed by atoms with van der Waals surface area (Å²) in [6.45, 7) is 15.6. The van der Waals surface area contributed by atoms with Crippen molar-refractivity contribution in [1.82, 2.24) is 20.4 Å². The smallest absolute Gasteiger partial charge is 0.191 e. The van der Waals surface area contributed by atoms with Crippen LogP contribution in [0.4, 0.5) is 0 Å². The van der Waals surface area contributed by atoms with E-state index in [1.54, 1.807) is 0 Å². The van der Waals surface area contributed by atoms with Crippen molar-refractivity contribution in [3.63, 3.8) is 0 Å². The van der Waals surface area contributed by atoms with Crippen molar-refractivity contribution in [3.8, 4) is 0 Å². The zero-order valence-corrected chi connectivity index (χ0v) is 19.1. The van der Waals surface area contributed by atoms with E-state index in [-0.39, 0.29) is 6.10 Å². The molecule has 2 N–H and O–H groups in total. The molecule has 2 saturated heterocycles. The molecule has 6 nitrogen and oxygen atoms in total. The van der Waals surface area contributed by atoms with E-state index >= 15 is 0 Å². The van der Waals surface area contributed by atoms with E-state index in [9.17, 15) is 0 Å². The molecule has 30 heavy (non-hydrogen) atoms. The van der Waals surface area contributed by atoms with Gasteiger partial charge in [0.05, 0.1) is 19.3 Å². The van der Waals surface area contributed by atoms with Crippen molar-refractivity contribution < 1.29 is 4.74 Å². The molecule has 1 aromatic carbocycles. The summed E-state index contributed by atoms with van der Waals surface area (Å²) in [7, 11) is 0. The molecule has 6 heteroatoms. The van der Waals surface area contributed by atoms with Gasteiger partial charge in [0.15, 0.2) is 5.96 Å². The van der Waals surface area contributed by atoms with Gasteiger partial charge in [0.1, 0.15) is 0 Å². The second-order valence-corrected chi connectivity index (χ2v) is 9.05. The molecule has 2 aliphatic heterocycles. The maximum Gasteiger partial charge on any atom is 0.191 e. The monoisotopic (exact) mass is 415 g/mol. The van der Waals surface area contributed by atoms with Crippen LogP contribution in [0.2, 0.25) is 0 Å². The fourth-order valence-electron chi connectivity index (χ4n) is 4.36. The van der Waals surface area contributed by atoms with Crippen LogP contribution in [0.15, 0.2) is 35.3 Å². The number of benzene rings is 1. The van der Waals surface area contributed by atoms with Crippen LogP contribution < -0.4 is 10.6 Å². The molecule has 0 saturated carbocycles. The van der Waals surface area contributed by atoms with Gasteiger partial charge in [0.25, 0.3) is 0 Å². The zero-order chi connectivity index (χ0) is 21.2. The molecule has 3 rings (SSSR count). The molecular formula is C24H41N5O. The lowest BCUT2D eigenvalue weighted by Gasteiger charge is -2.34. The lowest BCUT2D eigenvalue weighted by Crippen LogP contribution is -2.49. The molecule has 0 aromatic heterocycles. The molecule has 0 amide bonds. The minimum absolute atomic E-state index is 0.195. The Labute approximate surface area is 183 Å². The van der Waals surface area contributed by atoms with Crippen LogP contribution in [0, 0.1) is 5.92 Å². The third-order valence-electron chi connectivity index (χ3n) is 5.82. The molecule has 1 aromatic rings. The first-order valence-corrected chi connectivity index (χ1v) is 11.8. The van der Waals surface area contributed by atoms with Crippen LogP contribution in [-0.4, -0.2) is 80.3 Å². The minimum atomic E-state index is 0.195. The Balaban J connectivity index is 1.43. The van der Waals surface area contributed by atoms with Gasteiger partial charge in [-0.2, -0.15) is 0 Å². The van der Waals surface area contributed by atoms with Crippen molar-refractivity contribution >= 4 is 5.96 Å². The van der Waals surface area contributed by atoms with E-state index in [1.807, 2.05) is 0 Å². The largest absolute Gasteiger partial charge is 0.374 e. The van der Waals surface area contributed by atoms with E-state index in [0.717, 1.165) is 77.8 Å². The summed E-state index contributed by atoms with van der Waals surface area (Å²) < 4.78 is 5.97. The van der Waals surface area contributed by atoms with Crippen LogP contribution in [0.1, 0.15) is 39.2 Å². The van der Waals surface area contributed by atoms with E-state index in [4.69, 9.17) is 9.73 Å². The summed E-state index contributed by atoms with van der Waals surface area (Å²) in [5.74, 6) is 1.63. The molecule has 2 fully saturated rings. The highest BCUT2D eigenvalue weighted by atomic mass is 16.5. The van der Waals surface area contributed by atoms with Gasteiger partial charge in [-0.1, -0.05) is 44.2 Å². The highest BCUT2D eigenvalue weighted by molar-refractivity contribution is 5.80. The Morgan fingerprint density at radius 2 is 1.90 bits per heavy atom. The van der Waals surface area contributed by atoms with Crippen molar-refractivity contribution in [1.29, 1.82) is 0 Å². The number of likely N-dealkylation sites (tertiary alicyclic amines) is 1. The molecule has 0 aliphatic carbocycles. The number of nitrogens with one attached hydrogen (secondary N) is 2. The molecule has 1 unspecified atom stereocenters. The molecule has 168 valence electrons. The Hall–Kier alpha value is -1.63. The maximum absolute atomic E-state index is 5.97. The fourth-order valence-corrected chi connectivity index (χ4v) is 4.36. The maximum atomic E-state index is 5.97. The van der Waals surface area contributed by atoms with Crippen molar-refractivity contribution in [3.05, 3.63) is 35.9 Å². The number of aliphatic imine (C=N–C) groups is 1. The zero-order valence-electron chi connectivity index (χ0n) is 19.1. The lowest BCUT2D eigenvalue weighted by molar-refractivity contribution is -0.0262. The SMILES string of the molecule is CCNC(=NCC1CN(CC(C)C)CCO1)NC1CCN(Cc2ccccc2)CC1. The van der Waals surface area contributed by atoms with Crippen molar-refractivity contribution in [2.24, 2.45) is 10.9 Å². The summed E-state index contributed by atoms with van der Waals surface area (Å²) in [5, 5.41) is 7.09. The third-order valence-corrected chi connectivity index (χ3v) is 5.82. The Morgan fingerprint density at radius 3 is 2.60 bits per heavy atom. The standard InChI is InChI=1S/C24H41N5O/c1-4-25-24(26-16-23-19-29(14-15-30-23)17-20(2)3)27-22-10-12-28(13-11-22)18-21-8-6-5-7-9-21/h5-9,20,22-23H,4,10-19H2,1-3H3,(H2,25,26,27). The predicted molar refractivity (Wildman–Crippen MR) is 125 cm³/mol. The average molecular weight is 416 g/mol. The number of morpholine rings is 1. The summed E-state index contributed by atoms with van der Waals surface area (Å²) in [5.41, 5.74) is 1.40. The number of guanidine groups is 1. The second-order valence-electron chi connectivity index (χ2n) is 9.05. The molecule has 2 aliphatic rings. The normalized spacial score (nSPS) is 22.4. The van der Waals surface area contributed by atoms with Gasteiger partial charge >= 0.3 is 0 Å². The van der Waals surface area contributed by atoms with Gasteiger partial charge in [-0.05, 0) is 31.2 Å². The third kappa shape index (κ3) is 7.89. The summed E-state index contributed by atoms with van der Waals surface area (Å²) >= 11 is 0. The Kier molecular flexibility index (Phi) is 9.43. The van der Waals surface area contributed by atoms with Crippen LogP contribution >= 0.6 is 0 Å². The van der Waals surface area contributed by atoms with Gasteiger partial charge in [0, 0.05) is 51.9 Å². The van der Waals surface area contributed by atoms with Crippen LogP contribution in [0.5, 0.6) is 0 Å². The average Bonchev–Trinajstić information content (AvgIpc) is 2.74. The van der Waals surface area contributed by atoms with Crippen LogP contribution in [0.3, 0.4) is 0 Å². The van der Waals surface area contributed by atoms with Crippen molar-refractivity contribution in [2.45, 2.75) is 52.3 Å². The van der Waals surface area contributed by atoms with Gasteiger partial charge < -0.3 is 15.4 Å². The van der Waals surface area contributed by atoms with Gasteiger partial charge in [-0.15, -0.1) is 0 Å². The number of hydrogen-bond donors (Lipinski definition) is 2. The number of ether oxygens (including phenoxy) is 1. The van der Waals surface area contributed by atoms with Gasteiger partial charge in [-0.3, -0.25) is 14.8 Å². The van der Waals surface area contributed by atoms with E-state index in [2.05, 4.69) is 71.5 Å². The predicted octanol–water partition coefficient (Wildman–Crippen LogP) is 2.56. The summed E-state index contributed by atoms with van der Waals surface area (Å²) in [6.07, 6.45) is 2.50. The first-order valence-electron chi connectivity index (χ1n) is 11.8. The number of nitrogens with zero attached hydrogens (tertiary/aromatic N) is 3. The minimum Gasteiger partial charge on any atom is -0.374 e. The molecule has 0 radical (unpaired) electrons. The number of hydrogen-bond acceptors (Lipinski definition) is 4.